The molecule has 0 saturated heterocycles. The fourth-order valence-electron chi connectivity index (χ4n) is 0.764. The van der Waals surface area contributed by atoms with E-state index in [1.807, 2.05) is 13.0 Å². The molecule has 0 atom stereocenters. The molecule has 0 aliphatic heterocycles. The Morgan fingerprint density at radius 2 is 2.42 bits per heavy atom. The summed E-state index contributed by atoms with van der Waals surface area (Å²) < 4.78 is 5.24. The molecule has 0 bridgehead atoms. The molecule has 62 valence electrons. The number of hydrogen-bond acceptors (Lipinski definition) is 3. The molecule has 0 aromatic carbocycles. The maximum atomic E-state index is 8.52. The van der Waals surface area contributed by atoms with Gasteiger partial charge in [0.05, 0.1) is 6.61 Å². The van der Waals surface area contributed by atoms with Gasteiger partial charge in [-0.25, -0.2) is 4.98 Å². The van der Waals surface area contributed by atoms with Crippen molar-refractivity contribution in [2.45, 2.75) is 13.3 Å². The molecule has 0 aliphatic rings. The van der Waals surface area contributed by atoms with Crippen LogP contribution in [0.5, 0.6) is 5.88 Å². The highest BCUT2D eigenvalue weighted by atomic mass is 16.5. The van der Waals surface area contributed by atoms with Crippen LogP contribution in [0.1, 0.15) is 19.0 Å². The molecule has 0 unspecified atom stereocenters. The summed E-state index contributed by atoms with van der Waals surface area (Å²) in [5.74, 6) is 0.524. The van der Waals surface area contributed by atoms with Gasteiger partial charge in [-0.3, -0.25) is 0 Å². The summed E-state index contributed by atoms with van der Waals surface area (Å²) in [6.07, 6.45) is 0.943. The predicted octanol–water partition coefficient (Wildman–Crippen LogP) is 1.74. The standard InChI is InChI=1S/C9H10N2O/c1-2-6-12-9-5-3-4-8(7-10)11-9/h3-5H,2,6H2,1H3. The lowest BCUT2D eigenvalue weighted by Gasteiger charge is -2.01. The molecule has 0 radical (unpaired) electrons. The predicted molar refractivity (Wildman–Crippen MR) is 44.7 cm³/mol. The highest BCUT2D eigenvalue weighted by molar-refractivity contribution is 5.24. The van der Waals surface area contributed by atoms with Crippen molar-refractivity contribution in [3.05, 3.63) is 23.9 Å². The summed E-state index contributed by atoms with van der Waals surface area (Å²) in [5, 5.41) is 8.52. The second kappa shape index (κ2) is 4.35. The van der Waals surface area contributed by atoms with E-state index in [0.717, 1.165) is 6.42 Å². The zero-order chi connectivity index (χ0) is 8.81. The number of pyridine rings is 1. The maximum Gasteiger partial charge on any atom is 0.214 e. The van der Waals surface area contributed by atoms with Crippen LogP contribution in [0.25, 0.3) is 0 Å². The average Bonchev–Trinajstić information content (AvgIpc) is 2.15. The fraction of sp³-hybridized carbons (Fsp3) is 0.333. The van der Waals surface area contributed by atoms with Crippen molar-refractivity contribution in [1.29, 1.82) is 5.26 Å². The summed E-state index contributed by atoms with van der Waals surface area (Å²) in [5.41, 5.74) is 0.392. The number of rotatable bonds is 3. The molecule has 0 amide bonds. The highest BCUT2D eigenvalue weighted by Gasteiger charge is 1.95. The van der Waals surface area contributed by atoms with Gasteiger partial charge in [0.1, 0.15) is 11.8 Å². The van der Waals surface area contributed by atoms with E-state index in [4.69, 9.17) is 10.00 Å². The smallest absolute Gasteiger partial charge is 0.214 e. The van der Waals surface area contributed by atoms with Crippen molar-refractivity contribution < 1.29 is 4.74 Å². The average molecular weight is 162 g/mol. The van der Waals surface area contributed by atoms with Crippen molar-refractivity contribution in [2.24, 2.45) is 0 Å². The van der Waals surface area contributed by atoms with E-state index in [1.165, 1.54) is 0 Å². The third kappa shape index (κ3) is 2.24. The lowest BCUT2D eigenvalue weighted by molar-refractivity contribution is 0.305. The number of ether oxygens (including phenoxy) is 1. The molecule has 1 rings (SSSR count). The van der Waals surface area contributed by atoms with Gasteiger partial charge in [-0.05, 0) is 12.5 Å². The second-order valence-electron chi connectivity index (χ2n) is 2.32. The largest absolute Gasteiger partial charge is 0.478 e. The van der Waals surface area contributed by atoms with Crippen LogP contribution in [0.4, 0.5) is 0 Å². The molecule has 0 aliphatic carbocycles. The Kier molecular flexibility index (Phi) is 3.09. The summed E-state index contributed by atoms with van der Waals surface area (Å²) in [6.45, 7) is 2.66. The second-order valence-corrected chi connectivity index (χ2v) is 2.32. The van der Waals surface area contributed by atoms with Crippen molar-refractivity contribution in [1.82, 2.24) is 4.98 Å². The Morgan fingerprint density at radius 1 is 1.58 bits per heavy atom. The van der Waals surface area contributed by atoms with Crippen LogP contribution in [0.15, 0.2) is 18.2 Å². The Balaban J connectivity index is 2.68. The van der Waals surface area contributed by atoms with E-state index in [2.05, 4.69) is 4.98 Å². The van der Waals surface area contributed by atoms with Gasteiger partial charge in [0.25, 0.3) is 0 Å². The quantitative estimate of drug-likeness (QED) is 0.680. The molecular weight excluding hydrogens is 152 g/mol. The third-order valence-electron chi connectivity index (χ3n) is 1.29. The van der Waals surface area contributed by atoms with Crippen LogP contribution >= 0.6 is 0 Å². The van der Waals surface area contributed by atoms with Gasteiger partial charge in [-0.1, -0.05) is 13.0 Å². The van der Waals surface area contributed by atoms with E-state index in [9.17, 15) is 0 Å². The van der Waals surface area contributed by atoms with Crippen LogP contribution < -0.4 is 4.74 Å². The molecule has 0 fully saturated rings. The third-order valence-corrected chi connectivity index (χ3v) is 1.29. The fourth-order valence-corrected chi connectivity index (χ4v) is 0.764. The SMILES string of the molecule is CCCOc1cccc(C#N)n1. The molecule has 1 heterocycles. The summed E-state index contributed by atoms with van der Waals surface area (Å²) in [6, 6.07) is 7.11. The molecule has 12 heavy (non-hydrogen) atoms. The summed E-state index contributed by atoms with van der Waals surface area (Å²) in [7, 11) is 0. The lowest BCUT2D eigenvalue weighted by Crippen LogP contribution is -1.97. The van der Waals surface area contributed by atoms with Crippen LogP contribution in [0.3, 0.4) is 0 Å². The minimum absolute atomic E-state index is 0.392. The monoisotopic (exact) mass is 162 g/mol. The molecule has 0 spiro atoms. The van der Waals surface area contributed by atoms with Gasteiger partial charge in [-0.2, -0.15) is 5.26 Å². The molecule has 0 saturated carbocycles. The van der Waals surface area contributed by atoms with E-state index in [1.54, 1.807) is 18.2 Å². The van der Waals surface area contributed by atoms with Gasteiger partial charge >= 0.3 is 0 Å². The summed E-state index contributed by atoms with van der Waals surface area (Å²) >= 11 is 0. The van der Waals surface area contributed by atoms with Gasteiger partial charge < -0.3 is 4.74 Å². The van der Waals surface area contributed by atoms with Gasteiger partial charge in [0.15, 0.2) is 0 Å². The van der Waals surface area contributed by atoms with Crippen LogP contribution in [-0.4, -0.2) is 11.6 Å². The molecule has 1 aromatic rings. The first-order chi connectivity index (χ1) is 5.86. The van der Waals surface area contributed by atoms with Crippen molar-refractivity contribution in [2.75, 3.05) is 6.61 Å². The maximum absolute atomic E-state index is 8.52. The topological polar surface area (TPSA) is 45.9 Å². The molecule has 0 N–H and O–H groups in total. The number of nitriles is 1. The molecular formula is C9H10N2O. The normalized spacial score (nSPS) is 9.00. The number of aromatic nitrogens is 1. The first-order valence-electron chi connectivity index (χ1n) is 3.86. The molecule has 3 heteroatoms. The van der Waals surface area contributed by atoms with Crippen molar-refractivity contribution in [3.8, 4) is 11.9 Å². The zero-order valence-corrected chi connectivity index (χ0v) is 6.95. The minimum Gasteiger partial charge on any atom is -0.478 e. The number of nitrogens with zero attached hydrogens (tertiary/aromatic N) is 2. The lowest BCUT2D eigenvalue weighted by atomic mass is 10.4. The molecule has 1 aromatic heterocycles. The minimum atomic E-state index is 0.392. The Labute approximate surface area is 71.6 Å². The van der Waals surface area contributed by atoms with Crippen molar-refractivity contribution in [3.63, 3.8) is 0 Å². The van der Waals surface area contributed by atoms with Gasteiger partial charge in [0.2, 0.25) is 5.88 Å². The zero-order valence-electron chi connectivity index (χ0n) is 6.95. The van der Waals surface area contributed by atoms with E-state index < -0.39 is 0 Å². The van der Waals surface area contributed by atoms with E-state index in [0.29, 0.717) is 18.2 Å². The van der Waals surface area contributed by atoms with Crippen LogP contribution in [-0.2, 0) is 0 Å². The van der Waals surface area contributed by atoms with Crippen LogP contribution in [0, 0.1) is 11.3 Å². The Morgan fingerprint density at radius 3 is 3.08 bits per heavy atom. The Bertz CT molecular complexity index is 291. The van der Waals surface area contributed by atoms with Crippen LogP contribution in [0.2, 0.25) is 0 Å². The van der Waals surface area contributed by atoms with E-state index >= 15 is 0 Å². The molecule has 3 nitrogen and oxygen atoms in total. The van der Waals surface area contributed by atoms with Crippen molar-refractivity contribution >= 4 is 0 Å². The Hall–Kier alpha value is -1.56. The first kappa shape index (κ1) is 8.54. The van der Waals surface area contributed by atoms with E-state index in [-0.39, 0.29) is 0 Å². The van der Waals surface area contributed by atoms with Gasteiger partial charge in [0, 0.05) is 6.07 Å². The van der Waals surface area contributed by atoms with Gasteiger partial charge in [-0.15, -0.1) is 0 Å². The summed E-state index contributed by atoms with van der Waals surface area (Å²) in [4.78, 5) is 3.95. The highest BCUT2D eigenvalue weighted by Crippen LogP contribution is 2.06. The first-order valence-corrected chi connectivity index (χ1v) is 3.86. The number of hydrogen-bond donors (Lipinski definition) is 0.